The van der Waals surface area contributed by atoms with Crippen LogP contribution in [-0.2, 0) is 12.8 Å². The van der Waals surface area contributed by atoms with E-state index in [-0.39, 0.29) is 0 Å². The molecule has 0 heterocycles. The summed E-state index contributed by atoms with van der Waals surface area (Å²) in [5, 5.41) is 5.10. The first-order valence-corrected chi connectivity index (χ1v) is 20.9. The number of nitrogens with zero attached hydrogens (tertiary/aromatic N) is 1. The van der Waals surface area contributed by atoms with Crippen LogP contribution in [0.4, 0.5) is 17.1 Å². The van der Waals surface area contributed by atoms with Gasteiger partial charge in [-0.05, 0) is 163 Å². The summed E-state index contributed by atoms with van der Waals surface area (Å²) in [5.74, 6) is 0. The minimum Gasteiger partial charge on any atom is -0.310 e. The fourth-order valence-corrected chi connectivity index (χ4v) is 9.58. The number of hydrogen-bond acceptors (Lipinski definition) is 1. The Morgan fingerprint density at radius 1 is 0.339 bits per heavy atom. The van der Waals surface area contributed by atoms with Crippen molar-refractivity contribution < 1.29 is 0 Å². The van der Waals surface area contributed by atoms with Crippen molar-refractivity contribution in [2.75, 3.05) is 4.90 Å². The van der Waals surface area contributed by atoms with Gasteiger partial charge in [-0.2, -0.15) is 0 Å². The van der Waals surface area contributed by atoms with E-state index in [4.69, 9.17) is 0 Å². The summed E-state index contributed by atoms with van der Waals surface area (Å²) in [6.07, 6.45) is 13.9. The Bertz CT molecular complexity index is 3080. The molecule has 2 aliphatic carbocycles. The van der Waals surface area contributed by atoms with Gasteiger partial charge in [0.1, 0.15) is 0 Å². The molecule has 0 bridgehead atoms. The van der Waals surface area contributed by atoms with Gasteiger partial charge in [0.2, 0.25) is 0 Å². The third kappa shape index (κ3) is 6.37. The van der Waals surface area contributed by atoms with Crippen LogP contribution in [0.5, 0.6) is 0 Å². The van der Waals surface area contributed by atoms with Gasteiger partial charge in [0.25, 0.3) is 0 Å². The van der Waals surface area contributed by atoms with Gasteiger partial charge in [-0.25, -0.2) is 0 Å². The molecule has 1 nitrogen and oxygen atoms in total. The summed E-state index contributed by atoms with van der Waals surface area (Å²) >= 11 is 0. The maximum absolute atomic E-state index is 2.44. The van der Waals surface area contributed by atoms with Crippen LogP contribution >= 0.6 is 0 Å². The van der Waals surface area contributed by atoms with Crippen LogP contribution in [0.25, 0.3) is 78.2 Å². The Labute approximate surface area is 346 Å². The Morgan fingerprint density at radius 3 is 1.66 bits per heavy atom. The van der Waals surface area contributed by atoms with E-state index in [0.29, 0.717) is 0 Å². The standard InChI is InChI=1S/C58H43N/c1-2-15-40(16-3-1)49-21-8-9-22-50(49)41-29-33-46(34-30-41)59(47-35-31-42(32-36-47)57-38-44-17-4-6-23-51(44)53-25-10-12-27-55(53)57)48-20-14-19-43(37-48)58-39-45-18-5-7-24-52(45)54-26-11-13-28-56(54)58/h1-6,8-10,12-23,25,27-39H,7,11,24,26H2. The quantitative estimate of drug-likeness (QED) is 0.147. The van der Waals surface area contributed by atoms with Gasteiger partial charge < -0.3 is 4.90 Å². The van der Waals surface area contributed by atoms with Gasteiger partial charge in [-0.1, -0.05) is 164 Å². The van der Waals surface area contributed by atoms with Crippen molar-refractivity contribution in [3.8, 4) is 44.5 Å². The molecule has 11 rings (SSSR count). The number of benzene rings is 9. The van der Waals surface area contributed by atoms with E-state index in [0.717, 1.165) is 42.7 Å². The second-order valence-electron chi connectivity index (χ2n) is 15.8. The zero-order valence-electron chi connectivity index (χ0n) is 33.0. The van der Waals surface area contributed by atoms with E-state index in [1.165, 1.54) is 82.7 Å². The molecule has 9 aromatic rings. The van der Waals surface area contributed by atoms with Gasteiger partial charge in [0.15, 0.2) is 0 Å². The van der Waals surface area contributed by atoms with Gasteiger partial charge in [-0.15, -0.1) is 0 Å². The Balaban J connectivity index is 1.04. The lowest BCUT2D eigenvalue weighted by Crippen LogP contribution is -2.10. The maximum Gasteiger partial charge on any atom is 0.0467 e. The van der Waals surface area contributed by atoms with Gasteiger partial charge in [-0.3, -0.25) is 0 Å². The van der Waals surface area contributed by atoms with E-state index in [1.807, 2.05) is 0 Å². The highest BCUT2D eigenvalue weighted by Crippen LogP contribution is 2.43. The van der Waals surface area contributed by atoms with Crippen molar-refractivity contribution in [1.29, 1.82) is 0 Å². The van der Waals surface area contributed by atoms with Gasteiger partial charge in [0, 0.05) is 17.1 Å². The molecule has 0 aliphatic heterocycles. The minimum absolute atomic E-state index is 1.11. The first-order valence-electron chi connectivity index (χ1n) is 20.9. The lowest BCUT2D eigenvalue weighted by Gasteiger charge is -2.27. The first kappa shape index (κ1) is 35.0. The highest BCUT2D eigenvalue weighted by atomic mass is 15.1. The third-order valence-electron chi connectivity index (χ3n) is 12.4. The monoisotopic (exact) mass is 753 g/mol. The van der Waals surface area contributed by atoms with E-state index >= 15 is 0 Å². The van der Waals surface area contributed by atoms with E-state index in [9.17, 15) is 0 Å². The van der Waals surface area contributed by atoms with E-state index in [2.05, 4.69) is 217 Å². The molecular formula is C58H43N. The van der Waals surface area contributed by atoms with Crippen LogP contribution in [0.2, 0.25) is 0 Å². The highest BCUT2D eigenvalue weighted by Gasteiger charge is 2.21. The SMILES string of the molecule is C1=Cc2cc(-c3cccc(N(c4ccc(-c5ccccc5-c5ccccc5)cc4)c4ccc(-c5cc6ccccc6c6ccccc56)cc4)c3)c3c(c2CC1)CCC=C3. The highest BCUT2D eigenvalue weighted by molar-refractivity contribution is 6.13. The summed E-state index contributed by atoms with van der Waals surface area (Å²) in [6, 6.07) is 69.2. The molecule has 1 heteroatoms. The zero-order chi connectivity index (χ0) is 39.1. The Hall–Kier alpha value is -7.22. The summed E-state index contributed by atoms with van der Waals surface area (Å²) in [4.78, 5) is 2.42. The predicted octanol–water partition coefficient (Wildman–Crippen LogP) is 16.0. The van der Waals surface area contributed by atoms with Crippen LogP contribution in [0.15, 0.2) is 200 Å². The molecular weight excluding hydrogens is 711 g/mol. The number of anilines is 3. The maximum atomic E-state index is 2.44. The molecule has 0 unspecified atom stereocenters. The van der Waals surface area contributed by atoms with Crippen LogP contribution in [0.3, 0.4) is 0 Å². The van der Waals surface area contributed by atoms with Gasteiger partial charge >= 0.3 is 0 Å². The average molecular weight is 754 g/mol. The molecule has 0 saturated carbocycles. The van der Waals surface area contributed by atoms with Crippen molar-refractivity contribution in [3.63, 3.8) is 0 Å². The molecule has 0 atom stereocenters. The molecule has 2 aliphatic rings. The largest absolute Gasteiger partial charge is 0.310 e. The van der Waals surface area contributed by atoms with Crippen molar-refractivity contribution in [2.45, 2.75) is 25.7 Å². The number of allylic oxidation sites excluding steroid dienone is 2. The third-order valence-corrected chi connectivity index (χ3v) is 12.4. The van der Waals surface area contributed by atoms with Crippen LogP contribution < -0.4 is 4.90 Å². The lowest BCUT2D eigenvalue weighted by atomic mass is 9.81. The van der Waals surface area contributed by atoms with Crippen molar-refractivity contribution >= 4 is 50.8 Å². The molecule has 0 aromatic heterocycles. The Kier molecular flexibility index (Phi) is 8.86. The van der Waals surface area contributed by atoms with Crippen LogP contribution in [0, 0.1) is 0 Å². The summed E-state index contributed by atoms with van der Waals surface area (Å²) in [7, 11) is 0. The second-order valence-corrected chi connectivity index (χ2v) is 15.8. The molecule has 0 saturated heterocycles. The van der Waals surface area contributed by atoms with Crippen molar-refractivity contribution in [3.05, 3.63) is 222 Å². The normalized spacial score (nSPS) is 13.0. The summed E-state index contributed by atoms with van der Waals surface area (Å²) < 4.78 is 0. The Morgan fingerprint density at radius 2 is 0.915 bits per heavy atom. The fraction of sp³-hybridized carbons (Fsp3) is 0.0690. The minimum atomic E-state index is 1.11. The molecule has 0 spiro atoms. The topological polar surface area (TPSA) is 3.24 Å². The molecule has 280 valence electrons. The second kappa shape index (κ2) is 14.9. The number of rotatable bonds is 7. The number of hydrogen-bond donors (Lipinski definition) is 0. The lowest BCUT2D eigenvalue weighted by molar-refractivity contribution is 0.906. The first-order chi connectivity index (χ1) is 29.3. The van der Waals surface area contributed by atoms with E-state index < -0.39 is 0 Å². The molecule has 0 fully saturated rings. The molecule has 59 heavy (non-hydrogen) atoms. The van der Waals surface area contributed by atoms with Crippen molar-refractivity contribution in [2.24, 2.45) is 0 Å². The fourth-order valence-electron chi connectivity index (χ4n) is 9.58. The summed E-state index contributed by atoms with van der Waals surface area (Å²) in [5.41, 5.74) is 19.1. The van der Waals surface area contributed by atoms with Crippen molar-refractivity contribution in [1.82, 2.24) is 0 Å². The predicted molar refractivity (Wildman–Crippen MR) is 253 cm³/mol. The van der Waals surface area contributed by atoms with Gasteiger partial charge in [0.05, 0.1) is 0 Å². The average Bonchev–Trinajstić information content (AvgIpc) is 3.32. The van der Waals surface area contributed by atoms with Crippen LogP contribution in [0.1, 0.15) is 35.1 Å². The molecule has 0 N–H and O–H groups in total. The summed E-state index contributed by atoms with van der Waals surface area (Å²) in [6.45, 7) is 0. The zero-order valence-corrected chi connectivity index (χ0v) is 33.0. The van der Waals surface area contributed by atoms with Crippen LogP contribution in [-0.4, -0.2) is 0 Å². The number of fused-ring (bicyclic) bond motifs is 6. The molecule has 0 radical (unpaired) electrons. The molecule has 9 aromatic carbocycles. The molecule has 0 amide bonds. The smallest absolute Gasteiger partial charge is 0.0467 e. The van der Waals surface area contributed by atoms with E-state index in [1.54, 1.807) is 5.56 Å².